The minimum absolute atomic E-state index is 0.130. The van der Waals surface area contributed by atoms with Crippen LogP contribution >= 0.6 is 0 Å². The first-order valence-corrected chi connectivity index (χ1v) is 8.89. The second-order valence-corrected chi connectivity index (χ2v) is 6.58. The van der Waals surface area contributed by atoms with Crippen LogP contribution in [0.1, 0.15) is 30.1 Å². The molecule has 136 valence electrons. The van der Waals surface area contributed by atoms with Crippen LogP contribution < -0.4 is 4.74 Å². The minimum Gasteiger partial charge on any atom is -0.457 e. The molecule has 0 saturated carbocycles. The first-order valence-electron chi connectivity index (χ1n) is 8.89. The number of benzene rings is 2. The highest BCUT2D eigenvalue weighted by Crippen LogP contribution is 2.21. The summed E-state index contributed by atoms with van der Waals surface area (Å²) in [5.74, 6) is 1.37. The lowest BCUT2D eigenvalue weighted by Gasteiger charge is -2.30. The van der Waals surface area contributed by atoms with Gasteiger partial charge in [-0.15, -0.1) is 0 Å². The fourth-order valence-corrected chi connectivity index (χ4v) is 2.84. The number of hydrogen-bond donors (Lipinski definition) is 0. The van der Waals surface area contributed by atoms with E-state index in [4.69, 9.17) is 9.47 Å². The number of esters is 1. The van der Waals surface area contributed by atoms with E-state index < -0.39 is 5.97 Å². The van der Waals surface area contributed by atoms with Crippen LogP contribution in [0.4, 0.5) is 0 Å². The summed E-state index contributed by atoms with van der Waals surface area (Å²) in [7, 11) is 0. The molecule has 0 radical (unpaired) electrons. The molecule has 1 heterocycles. The minimum atomic E-state index is -0.505. The van der Waals surface area contributed by atoms with Gasteiger partial charge in [-0.05, 0) is 55.2 Å². The SMILES string of the molecule is CC1CCN(C(=O)COC(=O)c2ccc(Oc3ccccc3)cc2)CC1. The molecule has 0 aromatic heterocycles. The van der Waals surface area contributed by atoms with Gasteiger partial charge in [-0.1, -0.05) is 25.1 Å². The number of carbonyl (C=O) groups excluding carboxylic acids is 2. The summed E-state index contributed by atoms with van der Waals surface area (Å²) in [5, 5.41) is 0. The Balaban J connectivity index is 1.49. The van der Waals surface area contributed by atoms with Crippen molar-refractivity contribution >= 4 is 11.9 Å². The van der Waals surface area contributed by atoms with Crippen molar-refractivity contribution < 1.29 is 19.1 Å². The number of hydrogen-bond acceptors (Lipinski definition) is 4. The molecule has 5 heteroatoms. The molecule has 1 fully saturated rings. The first-order chi connectivity index (χ1) is 12.6. The van der Waals surface area contributed by atoms with E-state index in [1.807, 2.05) is 30.3 Å². The van der Waals surface area contributed by atoms with E-state index in [9.17, 15) is 9.59 Å². The molecule has 5 nitrogen and oxygen atoms in total. The molecule has 1 aliphatic rings. The Morgan fingerprint density at radius 3 is 2.23 bits per heavy atom. The van der Waals surface area contributed by atoms with Crippen molar-refractivity contribution in [3.8, 4) is 11.5 Å². The zero-order valence-electron chi connectivity index (χ0n) is 14.9. The van der Waals surface area contributed by atoms with E-state index in [2.05, 4.69) is 6.92 Å². The monoisotopic (exact) mass is 353 g/mol. The molecule has 2 aromatic carbocycles. The Labute approximate surface area is 153 Å². The molecular weight excluding hydrogens is 330 g/mol. The Morgan fingerprint density at radius 2 is 1.58 bits per heavy atom. The van der Waals surface area contributed by atoms with Crippen molar-refractivity contribution in [2.45, 2.75) is 19.8 Å². The Bertz CT molecular complexity index is 734. The first kappa shape index (κ1) is 18.0. The van der Waals surface area contributed by atoms with Crippen molar-refractivity contribution in [2.24, 2.45) is 5.92 Å². The topological polar surface area (TPSA) is 55.8 Å². The van der Waals surface area contributed by atoms with Gasteiger partial charge < -0.3 is 14.4 Å². The van der Waals surface area contributed by atoms with Crippen molar-refractivity contribution in [1.29, 1.82) is 0 Å². The number of para-hydroxylation sites is 1. The number of carbonyl (C=O) groups is 2. The largest absolute Gasteiger partial charge is 0.457 e. The maximum atomic E-state index is 12.1. The predicted molar refractivity (Wildman–Crippen MR) is 98.2 cm³/mol. The van der Waals surface area contributed by atoms with Gasteiger partial charge in [0.15, 0.2) is 6.61 Å². The smallest absolute Gasteiger partial charge is 0.338 e. The molecule has 1 aliphatic heterocycles. The molecule has 3 rings (SSSR count). The lowest BCUT2D eigenvalue weighted by atomic mass is 9.99. The van der Waals surface area contributed by atoms with Crippen LogP contribution in [0.5, 0.6) is 11.5 Å². The average Bonchev–Trinajstić information content (AvgIpc) is 2.68. The highest BCUT2D eigenvalue weighted by Gasteiger charge is 2.21. The van der Waals surface area contributed by atoms with Crippen LogP contribution in [0.3, 0.4) is 0 Å². The number of nitrogens with zero attached hydrogens (tertiary/aromatic N) is 1. The summed E-state index contributed by atoms with van der Waals surface area (Å²) in [5.41, 5.74) is 0.394. The van der Waals surface area contributed by atoms with Crippen molar-refractivity contribution in [3.63, 3.8) is 0 Å². The van der Waals surface area contributed by atoms with E-state index in [0.717, 1.165) is 31.7 Å². The van der Waals surface area contributed by atoms with Gasteiger partial charge in [-0.25, -0.2) is 4.79 Å². The second-order valence-electron chi connectivity index (χ2n) is 6.58. The van der Waals surface area contributed by atoms with Gasteiger partial charge in [0.25, 0.3) is 5.91 Å². The molecule has 0 spiro atoms. The molecule has 26 heavy (non-hydrogen) atoms. The Hall–Kier alpha value is -2.82. The maximum Gasteiger partial charge on any atom is 0.338 e. The van der Waals surface area contributed by atoms with E-state index in [1.54, 1.807) is 29.2 Å². The third-order valence-electron chi connectivity index (χ3n) is 4.53. The number of rotatable bonds is 5. The predicted octanol–water partition coefficient (Wildman–Crippen LogP) is 3.89. The quantitative estimate of drug-likeness (QED) is 0.765. The van der Waals surface area contributed by atoms with Gasteiger partial charge in [-0.3, -0.25) is 4.79 Å². The molecule has 0 bridgehead atoms. The number of amides is 1. The van der Waals surface area contributed by atoms with Crippen LogP contribution in [0.15, 0.2) is 54.6 Å². The fourth-order valence-electron chi connectivity index (χ4n) is 2.84. The molecule has 0 aliphatic carbocycles. The van der Waals surface area contributed by atoms with Gasteiger partial charge in [0, 0.05) is 13.1 Å². The Kier molecular flexibility index (Phi) is 5.89. The molecular formula is C21H23NO4. The van der Waals surface area contributed by atoms with Crippen LogP contribution in [0, 0.1) is 5.92 Å². The van der Waals surface area contributed by atoms with Crippen molar-refractivity contribution in [2.75, 3.05) is 19.7 Å². The summed E-state index contributed by atoms with van der Waals surface area (Å²) >= 11 is 0. The maximum absolute atomic E-state index is 12.1. The van der Waals surface area contributed by atoms with Crippen LogP contribution in [-0.2, 0) is 9.53 Å². The highest BCUT2D eigenvalue weighted by molar-refractivity contribution is 5.91. The summed E-state index contributed by atoms with van der Waals surface area (Å²) in [6.45, 7) is 3.45. The van der Waals surface area contributed by atoms with Gasteiger partial charge in [-0.2, -0.15) is 0 Å². The molecule has 0 unspecified atom stereocenters. The number of piperidine rings is 1. The van der Waals surface area contributed by atoms with E-state index in [-0.39, 0.29) is 12.5 Å². The van der Waals surface area contributed by atoms with Crippen molar-refractivity contribution in [1.82, 2.24) is 4.90 Å². The average molecular weight is 353 g/mol. The normalized spacial score (nSPS) is 14.7. The summed E-state index contributed by atoms with van der Waals surface area (Å²) in [4.78, 5) is 26.0. The van der Waals surface area contributed by atoms with E-state index in [1.165, 1.54) is 0 Å². The van der Waals surface area contributed by atoms with Gasteiger partial charge in [0.1, 0.15) is 11.5 Å². The molecule has 2 aromatic rings. The summed E-state index contributed by atoms with van der Waals surface area (Å²) in [6.07, 6.45) is 2.01. The lowest BCUT2D eigenvalue weighted by molar-refractivity contribution is -0.135. The second kappa shape index (κ2) is 8.52. The Morgan fingerprint density at radius 1 is 0.962 bits per heavy atom. The van der Waals surface area contributed by atoms with E-state index in [0.29, 0.717) is 17.2 Å². The van der Waals surface area contributed by atoms with Gasteiger partial charge >= 0.3 is 5.97 Å². The molecule has 0 N–H and O–H groups in total. The number of likely N-dealkylation sites (tertiary alicyclic amines) is 1. The van der Waals surface area contributed by atoms with Crippen LogP contribution in [0.25, 0.3) is 0 Å². The van der Waals surface area contributed by atoms with Crippen LogP contribution in [-0.4, -0.2) is 36.5 Å². The molecule has 1 amide bonds. The zero-order chi connectivity index (χ0) is 18.4. The van der Waals surface area contributed by atoms with Gasteiger partial charge in [0.05, 0.1) is 5.56 Å². The standard InChI is InChI=1S/C21H23NO4/c1-16-11-13-22(14-12-16)20(23)15-25-21(24)17-7-9-19(10-8-17)26-18-5-3-2-4-6-18/h2-10,16H,11-15H2,1H3. The fraction of sp³-hybridized carbons (Fsp3) is 0.333. The van der Waals surface area contributed by atoms with Crippen LogP contribution in [0.2, 0.25) is 0 Å². The lowest BCUT2D eigenvalue weighted by Crippen LogP contribution is -2.40. The third-order valence-corrected chi connectivity index (χ3v) is 4.53. The number of ether oxygens (including phenoxy) is 2. The third kappa shape index (κ3) is 4.85. The highest BCUT2D eigenvalue weighted by atomic mass is 16.5. The van der Waals surface area contributed by atoms with Crippen molar-refractivity contribution in [3.05, 3.63) is 60.2 Å². The zero-order valence-corrected chi connectivity index (χ0v) is 14.9. The molecule has 1 saturated heterocycles. The summed E-state index contributed by atoms with van der Waals surface area (Å²) < 4.78 is 10.8. The summed E-state index contributed by atoms with van der Waals surface area (Å²) in [6, 6.07) is 16.1. The molecule has 0 atom stereocenters. The van der Waals surface area contributed by atoms with E-state index >= 15 is 0 Å². The van der Waals surface area contributed by atoms with Gasteiger partial charge in [0.2, 0.25) is 0 Å².